The number of carbonyl (C=O) groups excluding carboxylic acids is 1. The lowest BCUT2D eigenvalue weighted by Gasteiger charge is -2.10. The molecule has 1 rings (SSSR count). The zero-order chi connectivity index (χ0) is 12.8. The zero-order valence-corrected chi connectivity index (χ0v) is 10.1. The van der Waals surface area contributed by atoms with Gasteiger partial charge in [0.05, 0.1) is 24.3 Å². The molecule has 0 heterocycles. The van der Waals surface area contributed by atoms with E-state index in [0.717, 1.165) is 5.56 Å². The fourth-order valence-electron chi connectivity index (χ4n) is 1.34. The summed E-state index contributed by atoms with van der Waals surface area (Å²) < 4.78 is 4.73. The van der Waals surface area contributed by atoms with Gasteiger partial charge in [-0.2, -0.15) is 5.26 Å². The van der Waals surface area contributed by atoms with Crippen LogP contribution in [0, 0.1) is 11.3 Å². The lowest BCUT2D eigenvalue weighted by Crippen LogP contribution is -2.10. The summed E-state index contributed by atoms with van der Waals surface area (Å²) in [6.07, 6.45) is 1.69. The Balaban J connectivity index is 3.14. The number of benzene rings is 1. The van der Waals surface area contributed by atoms with Crippen molar-refractivity contribution >= 4 is 11.5 Å². The van der Waals surface area contributed by atoms with Gasteiger partial charge in [0, 0.05) is 20.3 Å². The van der Waals surface area contributed by atoms with Crippen molar-refractivity contribution in [2.45, 2.75) is 0 Å². The summed E-state index contributed by atoms with van der Waals surface area (Å²) in [5.41, 5.74) is 1.74. The van der Waals surface area contributed by atoms with Crippen molar-refractivity contribution in [1.82, 2.24) is 4.90 Å². The van der Waals surface area contributed by atoms with E-state index in [4.69, 9.17) is 10.00 Å². The van der Waals surface area contributed by atoms with Crippen LogP contribution in [0.5, 0.6) is 0 Å². The molecule has 0 aromatic heterocycles. The number of carbonyl (C=O) groups is 1. The molecule has 4 nitrogen and oxygen atoms in total. The summed E-state index contributed by atoms with van der Waals surface area (Å²) in [6, 6.07) is 8.82. The maximum Gasteiger partial charge on any atom is 0.339 e. The van der Waals surface area contributed by atoms with E-state index in [1.807, 2.05) is 20.2 Å². The van der Waals surface area contributed by atoms with Crippen molar-refractivity contribution in [3.05, 3.63) is 41.6 Å². The second-order valence-corrected chi connectivity index (χ2v) is 3.69. The number of hydrogen-bond acceptors (Lipinski definition) is 4. The number of hydrogen-bond donors (Lipinski definition) is 0. The van der Waals surface area contributed by atoms with Crippen molar-refractivity contribution in [2.75, 3.05) is 21.2 Å². The molecule has 17 heavy (non-hydrogen) atoms. The molecule has 0 N–H and O–H groups in total. The molecule has 0 aliphatic carbocycles. The lowest BCUT2D eigenvalue weighted by molar-refractivity contribution is -0.133. The molecule has 0 aliphatic heterocycles. The molecule has 0 atom stereocenters. The molecule has 0 fully saturated rings. The van der Waals surface area contributed by atoms with Crippen LogP contribution >= 0.6 is 0 Å². The van der Waals surface area contributed by atoms with Crippen LogP contribution in [0.25, 0.3) is 5.57 Å². The summed E-state index contributed by atoms with van der Waals surface area (Å²) in [5.74, 6) is -0.400. The topological polar surface area (TPSA) is 53.3 Å². The Labute approximate surface area is 101 Å². The van der Waals surface area contributed by atoms with Crippen molar-refractivity contribution in [1.29, 1.82) is 5.26 Å². The normalized spacial score (nSPS) is 10.6. The van der Waals surface area contributed by atoms with Crippen LogP contribution in [0.4, 0.5) is 0 Å². The average Bonchev–Trinajstić information content (AvgIpc) is 2.35. The molecular weight excluding hydrogens is 216 g/mol. The van der Waals surface area contributed by atoms with E-state index in [0.29, 0.717) is 11.1 Å². The molecule has 0 bridgehead atoms. The number of nitriles is 1. The monoisotopic (exact) mass is 230 g/mol. The van der Waals surface area contributed by atoms with E-state index in [9.17, 15) is 4.79 Å². The Hall–Kier alpha value is -2.28. The first-order valence-electron chi connectivity index (χ1n) is 5.05. The summed E-state index contributed by atoms with van der Waals surface area (Å²) in [6.45, 7) is 0. The lowest BCUT2D eigenvalue weighted by atomic mass is 10.1. The van der Waals surface area contributed by atoms with Gasteiger partial charge in [-0.05, 0) is 17.7 Å². The van der Waals surface area contributed by atoms with E-state index in [-0.39, 0.29) is 0 Å². The SMILES string of the molecule is COC(=O)/C(=C/N(C)C)c1ccc(C#N)cc1. The van der Waals surface area contributed by atoms with Crippen LogP contribution in [0.2, 0.25) is 0 Å². The maximum atomic E-state index is 11.6. The van der Waals surface area contributed by atoms with Crippen LogP contribution in [0.3, 0.4) is 0 Å². The standard InChI is InChI=1S/C13H14N2O2/c1-15(2)9-12(13(16)17-3)11-6-4-10(8-14)5-7-11/h4-7,9H,1-3H3/b12-9+. The third kappa shape index (κ3) is 3.35. The van der Waals surface area contributed by atoms with Crippen molar-refractivity contribution in [3.8, 4) is 6.07 Å². The Morgan fingerprint density at radius 2 is 1.94 bits per heavy atom. The van der Waals surface area contributed by atoms with E-state index < -0.39 is 5.97 Å². The molecule has 0 amide bonds. The highest BCUT2D eigenvalue weighted by atomic mass is 16.5. The summed E-state index contributed by atoms with van der Waals surface area (Å²) >= 11 is 0. The molecule has 0 radical (unpaired) electrons. The molecular formula is C13H14N2O2. The van der Waals surface area contributed by atoms with Gasteiger partial charge >= 0.3 is 5.97 Å². The smallest absolute Gasteiger partial charge is 0.339 e. The fourth-order valence-corrected chi connectivity index (χ4v) is 1.34. The number of esters is 1. The van der Waals surface area contributed by atoms with Crippen LogP contribution < -0.4 is 0 Å². The van der Waals surface area contributed by atoms with E-state index in [2.05, 4.69) is 0 Å². The summed E-state index contributed by atoms with van der Waals surface area (Å²) in [4.78, 5) is 13.4. The number of ether oxygens (including phenoxy) is 1. The summed E-state index contributed by atoms with van der Waals surface area (Å²) in [5, 5.41) is 8.70. The van der Waals surface area contributed by atoms with Gasteiger partial charge in [-0.25, -0.2) is 4.79 Å². The predicted octanol–water partition coefficient (Wildman–Crippen LogP) is 1.63. The molecule has 88 valence electrons. The molecule has 4 heteroatoms. The Morgan fingerprint density at radius 3 is 2.35 bits per heavy atom. The maximum absolute atomic E-state index is 11.6. The van der Waals surface area contributed by atoms with Gasteiger partial charge in [0.2, 0.25) is 0 Å². The highest BCUT2D eigenvalue weighted by molar-refractivity contribution is 6.16. The average molecular weight is 230 g/mol. The molecule has 0 aliphatic rings. The third-order valence-corrected chi connectivity index (χ3v) is 2.12. The second-order valence-electron chi connectivity index (χ2n) is 3.69. The van der Waals surface area contributed by atoms with Gasteiger partial charge < -0.3 is 9.64 Å². The molecule has 0 saturated heterocycles. The fraction of sp³-hybridized carbons (Fsp3) is 0.231. The first kappa shape index (κ1) is 12.8. The predicted molar refractivity (Wildman–Crippen MR) is 64.8 cm³/mol. The third-order valence-electron chi connectivity index (χ3n) is 2.12. The molecule has 0 spiro atoms. The Bertz CT molecular complexity index is 467. The number of nitrogens with zero attached hydrogens (tertiary/aromatic N) is 2. The van der Waals surface area contributed by atoms with Crippen LogP contribution in [-0.4, -0.2) is 32.1 Å². The minimum Gasteiger partial charge on any atom is -0.465 e. The van der Waals surface area contributed by atoms with Gasteiger partial charge in [0.15, 0.2) is 0 Å². The van der Waals surface area contributed by atoms with Gasteiger partial charge in [-0.15, -0.1) is 0 Å². The van der Waals surface area contributed by atoms with E-state index in [1.165, 1.54) is 7.11 Å². The molecule has 0 unspecified atom stereocenters. The van der Waals surface area contributed by atoms with Crippen LogP contribution in [0.15, 0.2) is 30.5 Å². The second kappa shape index (κ2) is 5.71. The van der Waals surface area contributed by atoms with Gasteiger partial charge in [-0.3, -0.25) is 0 Å². The molecule has 1 aromatic rings. The first-order chi connectivity index (χ1) is 8.08. The number of rotatable bonds is 3. The highest BCUT2D eigenvalue weighted by Gasteiger charge is 2.12. The quantitative estimate of drug-likeness (QED) is 0.585. The van der Waals surface area contributed by atoms with E-state index in [1.54, 1.807) is 35.4 Å². The van der Waals surface area contributed by atoms with E-state index >= 15 is 0 Å². The molecule has 1 aromatic carbocycles. The minimum atomic E-state index is -0.400. The van der Waals surface area contributed by atoms with Crippen molar-refractivity contribution in [2.24, 2.45) is 0 Å². The Morgan fingerprint density at radius 1 is 1.35 bits per heavy atom. The minimum absolute atomic E-state index is 0.400. The van der Waals surface area contributed by atoms with Crippen LogP contribution in [0.1, 0.15) is 11.1 Å². The van der Waals surface area contributed by atoms with Crippen molar-refractivity contribution in [3.63, 3.8) is 0 Å². The van der Waals surface area contributed by atoms with Crippen molar-refractivity contribution < 1.29 is 9.53 Å². The highest BCUT2D eigenvalue weighted by Crippen LogP contribution is 2.17. The largest absolute Gasteiger partial charge is 0.465 e. The van der Waals surface area contributed by atoms with Gasteiger partial charge in [0.1, 0.15) is 0 Å². The van der Waals surface area contributed by atoms with Crippen LogP contribution in [-0.2, 0) is 9.53 Å². The summed E-state index contributed by atoms with van der Waals surface area (Å²) in [7, 11) is 4.99. The number of methoxy groups -OCH3 is 1. The van der Waals surface area contributed by atoms with Gasteiger partial charge in [-0.1, -0.05) is 12.1 Å². The zero-order valence-electron chi connectivity index (χ0n) is 10.1. The Kier molecular flexibility index (Phi) is 4.29. The van der Waals surface area contributed by atoms with Gasteiger partial charge in [0.25, 0.3) is 0 Å². The molecule has 0 saturated carbocycles. The first-order valence-corrected chi connectivity index (χ1v) is 5.05.